The number of H-pyrrole nitrogens is 1. The van der Waals surface area contributed by atoms with Gasteiger partial charge in [-0.2, -0.15) is 5.10 Å². The van der Waals surface area contributed by atoms with Gasteiger partial charge in [0.1, 0.15) is 4.90 Å². The summed E-state index contributed by atoms with van der Waals surface area (Å²) in [4.78, 5) is 0.203. The summed E-state index contributed by atoms with van der Waals surface area (Å²) in [7, 11) is -1.93. The maximum absolute atomic E-state index is 12.0. The highest BCUT2D eigenvalue weighted by Gasteiger charge is 2.26. The molecule has 1 aromatic rings. The molecule has 0 bridgehead atoms. The maximum Gasteiger partial charge on any atom is 0.246 e. The lowest BCUT2D eigenvalue weighted by molar-refractivity contribution is 0.485. The zero-order valence-electron chi connectivity index (χ0n) is 9.11. The summed E-state index contributed by atoms with van der Waals surface area (Å²) in [5.41, 5.74) is 6.34. The Kier molecular flexibility index (Phi) is 3.48. The van der Waals surface area contributed by atoms with Crippen LogP contribution in [0.3, 0.4) is 0 Å². The van der Waals surface area contributed by atoms with E-state index in [1.165, 1.54) is 11.4 Å². The van der Waals surface area contributed by atoms with Gasteiger partial charge in [-0.3, -0.25) is 5.10 Å². The number of aromatic nitrogens is 2. The highest BCUT2D eigenvalue weighted by atomic mass is 32.2. The van der Waals surface area contributed by atoms with Gasteiger partial charge in [-0.1, -0.05) is 6.92 Å². The van der Waals surface area contributed by atoms with Crippen molar-refractivity contribution in [2.24, 2.45) is 5.73 Å². The van der Waals surface area contributed by atoms with Crippen LogP contribution in [0.25, 0.3) is 0 Å². The third-order valence-electron chi connectivity index (χ3n) is 2.27. The molecule has 0 aliphatic heterocycles. The minimum Gasteiger partial charge on any atom is -0.325 e. The Balaban J connectivity index is 3.32. The summed E-state index contributed by atoms with van der Waals surface area (Å²) in [6.45, 7) is 3.96. The Morgan fingerprint density at radius 3 is 2.60 bits per heavy atom. The molecule has 0 fully saturated rings. The topological polar surface area (TPSA) is 92.1 Å². The summed E-state index contributed by atoms with van der Waals surface area (Å²) in [5, 5.41) is 6.50. The summed E-state index contributed by atoms with van der Waals surface area (Å²) >= 11 is 0. The maximum atomic E-state index is 12.0. The third kappa shape index (κ3) is 2.04. The van der Waals surface area contributed by atoms with E-state index in [1.54, 1.807) is 13.8 Å². The van der Waals surface area contributed by atoms with Crippen LogP contribution in [0.4, 0.5) is 0 Å². The minimum absolute atomic E-state index is 0.108. The molecule has 7 heteroatoms. The van der Waals surface area contributed by atoms with E-state index < -0.39 is 10.0 Å². The van der Waals surface area contributed by atoms with Crippen LogP contribution >= 0.6 is 0 Å². The van der Waals surface area contributed by atoms with Gasteiger partial charge in [0, 0.05) is 20.1 Å². The molecule has 6 nitrogen and oxygen atoms in total. The molecule has 3 N–H and O–H groups in total. The van der Waals surface area contributed by atoms with Crippen molar-refractivity contribution < 1.29 is 8.42 Å². The number of rotatable bonds is 4. The van der Waals surface area contributed by atoms with Crippen molar-refractivity contribution in [1.82, 2.24) is 14.5 Å². The lowest BCUT2D eigenvalue weighted by Gasteiger charge is -2.14. The number of hydrogen-bond acceptors (Lipinski definition) is 4. The average molecular weight is 232 g/mol. The van der Waals surface area contributed by atoms with E-state index in [0.29, 0.717) is 17.9 Å². The summed E-state index contributed by atoms with van der Waals surface area (Å²) < 4.78 is 25.3. The number of aryl methyl sites for hydroxylation is 1. The van der Waals surface area contributed by atoms with Crippen LogP contribution in [0.2, 0.25) is 0 Å². The van der Waals surface area contributed by atoms with E-state index >= 15 is 0 Å². The number of hydrogen-bond donors (Lipinski definition) is 2. The Hall–Kier alpha value is -0.920. The SMILES string of the molecule is CCN(C)S(=O)(=O)c1c(CN)n[nH]c1C. The van der Waals surface area contributed by atoms with Crippen LogP contribution in [0.1, 0.15) is 18.3 Å². The number of nitrogens with two attached hydrogens (primary N) is 1. The van der Waals surface area contributed by atoms with Crippen LogP contribution in [0.15, 0.2) is 4.90 Å². The van der Waals surface area contributed by atoms with Crippen LogP contribution in [-0.4, -0.2) is 36.5 Å². The van der Waals surface area contributed by atoms with Crippen molar-refractivity contribution in [2.75, 3.05) is 13.6 Å². The van der Waals surface area contributed by atoms with Crippen molar-refractivity contribution in [3.05, 3.63) is 11.4 Å². The molecule has 15 heavy (non-hydrogen) atoms. The monoisotopic (exact) mass is 232 g/mol. The van der Waals surface area contributed by atoms with E-state index in [2.05, 4.69) is 10.2 Å². The lowest BCUT2D eigenvalue weighted by Crippen LogP contribution is -2.28. The van der Waals surface area contributed by atoms with Crippen LogP contribution in [-0.2, 0) is 16.6 Å². The van der Waals surface area contributed by atoms with Crippen molar-refractivity contribution >= 4 is 10.0 Å². The molecule has 1 rings (SSSR count). The fraction of sp³-hybridized carbons (Fsp3) is 0.625. The van der Waals surface area contributed by atoms with Gasteiger partial charge >= 0.3 is 0 Å². The molecular formula is C8H16N4O2S. The number of sulfonamides is 1. The normalized spacial score (nSPS) is 12.3. The average Bonchev–Trinajstić information content (AvgIpc) is 2.58. The Morgan fingerprint density at radius 1 is 1.53 bits per heavy atom. The first-order valence-corrected chi connectivity index (χ1v) is 6.09. The molecule has 0 unspecified atom stereocenters. The quantitative estimate of drug-likeness (QED) is 0.753. The summed E-state index contributed by atoms with van der Waals surface area (Å²) in [6, 6.07) is 0. The molecule has 0 aromatic carbocycles. The van der Waals surface area contributed by atoms with Crippen molar-refractivity contribution in [2.45, 2.75) is 25.3 Å². The van der Waals surface area contributed by atoms with Gasteiger partial charge in [0.05, 0.1) is 11.4 Å². The first-order chi connectivity index (χ1) is 6.95. The first-order valence-electron chi connectivity index (χ1n) is 4.65. The Bertz CT molecular complexity index is 437. The lowest BCUT2D eigenvalue weighted by atomic mass is 10.4. The number of aromatic amines is 1. The van der Waals surface area contributed by atoms with Gasteiger partial charge in [0.25, 0.3) is 0 Å². The van der Waals surface area contributed by atoms with E-state index in [4.69, 9.17) is 5.73 Å². The highest BCUT2D eigenvalue weighted by molar-refractivity contribution is 7.89. The minimum atomic E-state index is -3.46. The second kappa shape index (κ2) is 4.30. The molecule has 1 aromatic heterocycles. The largest absolute Gasteiger partial charge is 0.325 e. The van der Waals surface area contributed by atoms with Crippen LogP contribution < -0.4 is 5.73 Å². The molecular weight excluding hydrogens is 216 g/mol. The van der Waals surface area contributed by atoms with E-state index in [0.717, 1.165) is 0 Å². The van der Waals surface area contributed by atoms with Gasteiger partial charge in [0.2, 0.25) is 10.0 Å². The second-order valence-electron chi connectivity index (χ2n) is 3.25. The van der Waals surface area contributed by atoms with Crippen LogP contribution in [0, 0.1) is 6.92 Å². The predicted octanol–water partition coefficient (Wildman–Crippen LogP) is -0.183. The third-order valence-corrected chi connectivity index (χ3v) is 4.40. The van der Waals surface area contributed by atoms with Gasteiger partial charge in [-0.25, -0.2) is 12.7 Å². The number of nitrogens with one attached hydrogen (secondary N) is 1. The van der Waals surface area contributed by atoms with Gasteiger partial charge < -0.3 is 5.73 Å². The van der Waals surface area contributed by atoms with Gasteiger partial charge in [-0.15, -0.1) is 0 Å². The molecule has 0 radical (unpaired) electrons. The molecule has 0 amide bonds. The highest BCUT2D eigenvalue weighted by Crippen LogP contribution is 2.20. The summed E-state index contributed by atoms with van der Waals surface area (Å²) in [5.74, 6) is 0. The van der Waals surface area contributed by atoms with Crippen LogP contribution in [0.5, 0.6) is 0 Å². The molecule has 0 aliphatic carbocycles. The number of nitrogens with zero attached hydrogens (tertiary/aromatic N) is 2. The van der Waals surface area contributed by atoms with Crippen molar-refractivity contribution in [3.8, 4) is 0 Å². The molecule has 0 atom stereocenters. The molecule has 0 saturated carbocycles. The second-order valence-corrected chi connectivity index (χ2v) is 5.23. The van der Waals surface area contributed by atoms with E-state index in [9.17, 15) is 8.42 Å². The molecule has 0 aliphatic rings. The fourth-order valence-corrected chi connectivity index (χ4v) is 2.79. The molecule has 0 spiro atoms. The van der Waals surface area contributed by atoms with Crippen molar-refractivity contribution in [1.29, 1.82) is 0 Å². The summed E-state index contributed by atoms with van der Waals surface area (Å²) in [6.07, 6.45) is 0. The molecule has 0 saturated heterocycles. The van der Waals surface area contributed by atoms with E-state index in [-0.39, 0.29) is 11.4 Å². The molecule has 1 heterocycles. The molecule has 86 valence electrons. The van der Waals surface area contributed by atoms with Crippen molar-refractivity contribution in [3.63, 3.8) is 0 Å². The van der Waals surface area contributed by atoms with Gasteiger partial charge in [-0.05, 0) is 6.92 Å². The van der Waals surface area contributed by atoms with Gasteiger partial charge in [0.15, 0.2) is 0 Å². The van der Waals surface area contributed by atoms with E-state index in [1.807, 2.05) is 0 Å². The Morgan fingerprint density at radius 2 is 2.13 bits per heavy atom. The zero-order chi connectivity index (χ0) is 11.6. The Labute approximate surface area is 89.5 Å². The smallest absolute Gasteiger partial charge is 0.246 e. The predicted molar refractivity (Wildman–Crippen MR) is 56.7 cm³/mol. The standard InChI is InChI=1S/C8H16N4O2S/c1-4-12(3)15(13,14)8-6(2)10-11-7(8)5-9/h4-5,9H2,1-3H3,(H,10,11). The fourth-order valence-electron chi connectivity index (χ4n) is 1.28. The zero-order valence-corrected chi connectivity index (χ0v) is 9.93. The first kappa shape index (κ1) is 12.2.